The van der Waals surface area contributed by atoms with E-state index < -0.39 is 10.8 Å². The van der Waals surface area contributed by atoms with Gasteiger partial charge < -0.3 is 5.32 Å². The third-order valence-electron chi connectivity index (χ3n) is 2.62. The lowest BCUT2D eigenvalue weighted by atomic mass is 10.1. The van der Waals surface area contributed by atoms with Gasteiger partial charge in [-0.1, -0.05) is 0 Å². The molecule has 0 fully saturated rings. The molecule has 2 N–H and O–H groups in total. The molecule has 1 aromatic heterocycles. The molecule has 2 aromatic rings. The molecule has 0 spiro atoms. The molecule has 0 atom stereocenters. The second-order valence-electron chi connectivity index (χ2n) is 4.00. The van der Waals surface area contributed by atoms with Crippen LogP contribution < -0.4 is 5.32 Å². The smallest absolute Gasteiger partial charge is 0.292 e. The highest BCUT2D eigenvalue weighted by Crippen LogP contribution is 2.26. The lowest BCUT2D eigenvalue weighted by Gasteiger charge is -2.08. The van der Waals surface area contributed by atoms with E-state index in [9.17, 15) is 14.9 Å². The number of nitrogens with one attached hydrogen (secondary N) is 2. The van der Waals surface area contributed by atoms with Gasteiger partial charge in [-0.05, 0) is 25.5 Å². The fraction of sp³-hybridized carbons (Fsp3) is 0.182. The minimum atomic E-state index is -0.501. The van der Waals surface area contributed by atoms with Crippen molar-refractivity contribution in [3.05, 3.63) is 45.5 Å². The van der Waals surface area contributed by atoms with Crippen LogP contribution >= 0.6 is 0 Å². The van der Waals surface area contributed by atoms with Crippen LogP contribution in [0.15, 0.2) is 18.5 Å². The van der Waals surface area contributed by atoms with Gasteiger partial charge >= 0.3 is 0 Å². The Morgan fingerprint density at radius 2 is 2.11 bits per heavy atom. The number of aromatic nitrogens is 3. The van der Waals surface area contributed by atoms with Crippen molar-refractivity contribution in [2.75, 3.05) is 5.32 Å². The summed E-state index contributed by atoms with van der Waals surface area (Å²) < 4.78 is 0. The van der Waals surface area contributed by atoms with Crippen LogP contribution in [0.4, 0.5) is 11.4 Å². The second kappa shape index (κ2) is 4.84. The third-order valence-corrected chi connectivity index (χ3v) is 2.62. The van der Waals surface area contributed by atoms with Crippen LogP contribution in [-0.2, 0) is 0 Å². The number of amides is 1. The van der Waals surface area contributed by atoms with Crippen molar-refractivity contribution in [2.24, 2.45) is 0 Å². The first kappa shape index (κ1) is 12.7. The Labute approximate surface area is 108 Å². The number of nitro groups is 1. The van der Waals surface area contributed by atoms with E-state index in [2.05, 4.69) is 20.5 Å². The summed E-state index contributed by atoms with van der Waals surface area (Å²) in [6.07, 6.45) is 1.21. The second-order valence-corrected chi connectivity index (χ2v) is 4.00. The van der Waals surface area contributed by atoms with Crippen LogP contribution in [0.2, 0.25) is 0 Å². The van der Waals surface area contributed by atoms with Gasteiger partial charge in [-0.3, -0.25) is 20.0 Å². The van der Waals surface area contributed by atoms with Crippen molar-refractivity contribution in [1.29, 1.82) is 0 Å². The van der Waals surface area contributed by atoms with Crippen LogP contribution in [0.1, 0.15) is 21.7 Å². The Morgan fingerprint density at radius 3 is 2.68 bits per heavy atom. The Hall–Kier alpha value is -2.77. The average molecular weight is 261 g/mol. The lowest BCUT2D eigenvalue weighted by Crippen LogP contribution is -2.15. The number of aromatic amines is 1. The van der Waals surface area contributed by atoms with Crippen LogP contribution in [0.25, 0.3) is 0 Å². The molecule has 0 bridgehead atoms. The van der Waals surface area contributed by atoms with Crippen molar-refractivity contribution < 1.29 is 9.72 Å². The standard InChI is InChI=1S/C11H11N5O3/c1-6-3-7(2)9(16(18)19)4-8(6)14-11(17)10-12-5-13-15-10/h3-5H,1-2H3,(H,14,17)(H,12,13,15). The van der Waals surface area contributed by atoms with E-state index in [0.717, 1.165) is 5.56 Å². The van der Waals surface area contributed by atoms with Gasteiger partial charge in [0.1, 0.15) is 6.33 Å². The fourth-order valence-corrected chi connectivity index (χ4v) is 1.67. The molecule has 0 unspecified atom stereocenters. The monoisotopic (exact) mass is 261 g/mol. The number of nitro benzene ring substituents is 1. The summed E-state index contributed by atoms with van der Waals surface area (Å²) in [6, 6.07) is 2.98. The van der Waals surface area contributed by atoms with E-state index in [1.807, 2.05) is 0 Å². The highest BCUT2D eigenvalue weighted by atomic mass is 16.6. The van der Waals surface area contributed by atoms with Crippen molar-refractivity contribution in [3.8, 4) is 0 Å². The van der Waals surface area contributed by atoms with E-state index in [1.54, 1.807) is 19.9 Å². The van der Waals surface area contributed by atoms with E-state index in [4.69, 9.17) is 0 Å². The number of anilines is 1. The van der Waals surface area contributed by atoms with E-state index in [1.165, 1.54) is 12.4 Å². The predicted molar refractivity (Wildman–Crippen MR) is 66.9 cm³/mol. The number of hydrogen-bond donors (Lipinski definition) is 2. The molecule has 0 aliphatic rings. The zero-order valence-corrected chi connectivity index (χ0v) is 10.3. The van der Waals surface area contributed by atoms with Crippen LogP contribution in [0, 0.1) is 24.0 Å². The van der Waals surface area contributed by atoms with Gasteiger partial charge in [0.05, 0.1) is 10.6 Å². The van der Waals surface area contributed by atoms with Gasteiger partial charge in [-0.15, -0.1) is 0 Å². The van der Waals surface area contributed by atoms with Crippen molar-refractivity contribution in [1.82, 2.24) is 15.2 Å². The highest BCUT2D eigenvalue weighted by molar-refractivity contribution is 6.02. The van der Waals surface area contributed by atoms with Crippen molar-refractivity contribution >= 4 is 17.3 Å². The largest absolute Gasteiger partial charge is 0.319 e. The molecule has 1 amide bonds. The molecule has 0 aliphatic carbocycles. The first-order chi connectivity index (χ1) is 8.99. The Morgan fingerprint density at radius 1 is 1.37 bits per heavy atom. The topological polar surface area (TPSA) is 114 Å². The molecule has 19 heavy (non-hydrogen) atoms. The molecular formula is C11H11N5O3. The first-order valence-electron chi connectivity index (χ1n) is 5.41. The number of H-pyrrole nitrogens is 1. The van der Waals surface area contributed by atoms with Gasteiger partial charge in [0.2, 0.25) is 5.82 Å². The van der Waals surface area contributed by atoms with Crippen LogP contribution in [0.3, 0.4) is 0 Å². The predicted octanol–water partition coefficient (Wildman–Crippen LogP) is 1.58. The van der Waals surface area contributed by atoms with Gasteiger partial charge in [0.25, 0.3) is 11.6 Å². The SMILES string of the molecule is Cc1cc(C)c([N+](=O)[O-])cc1NC(=O)c1ncn[nH]1. The molecule has 98 valence electrons. The zero-order chi connectivity index (χ0) is 14.0. The highest BCUT2D eigenvalue weighted by Gasteiger charge is 2.16. The summed E-state index contributed by atoms with van der Waals surface area (Å²) in [7, 11) is 0. The minimum Gasteiger partial charge on any atom is -0.319 e. The zero-order valence-electron chi connectivity index (χ0n) is 10.3. The van der Waals surface area contributed by atoms with Crippen LogP contribution in [-0.4, -0.2) is 26.0 Å². The number of carbonyl (C=O) groups is 1. The number of hydrogen-bond acceptors (Lipinski definition) is 5. The quantitative estimate of drug-likeness (QED) is 0.643. The molecule has 1 heterocycles. The Kier molecular flexibility index (Phi) is 3.23. The van der Waals surface area contributed by atoms with Gasteiger partial charge in [0, 0.05) is 11.6 Å². The molecular weight excluding hydrogens is 250 g/mol. The Balaban J connectivity index is 2.32. The van der Waals surface area contributed by atoms with E-state index >= 15 is 0 Å². The summed E-state index contributed by atoms with van der Waals surface area (Å²) in [5, 5.41) is 19.4. The van der Waals surface area contributed by atoms with Crippen LogP contribution in [0.5, 0.6) is 0 Å². The fourth-order valence-electron chi connectivity index (χ4n) is 1.67. The number of benzene rings is 1. The molecule has 2 rings (SSSR count). The summed E-state index contributed by atoms with van der Waals surface area (Å²) in [5.74, 6) is -0.457. The number of nitrogens with zero attached hydrogens (tertiary/aromatic N) is 3. The summed E-state index contributed by atoms with van der Waals surface area (Å²) in [5.41, 5.74) is 1.60. The summed E-state index contributed by atoms with van der Waals surface area (Å²) in [4.78, 5) is 25.9. The van der Waals surface area contributed by atoms with Gasteiger partial charge in [-0.25, -0.2) is 4.98 Å². The number of carbonyl (C=O) groups excluding carboxylic acids is 1. The molecule has 1 aromatic carbocycles. The van der Waals surface area contributed by atoms with E-state index in [0.29, 0.717) is 11.3 Å². The van der Waals surface area contributed by atoms with Crippen molar-refractivity contribution in [2.45, 2.75) is 13.8 Å². The maximum Gasteiger partial charge on any atom is 0.292 e. The maximum absolute atomic E-state index is 11.8. The normalized spacial score (nSPS) is 10.2. The summed E-state index contributed by atoms with van der Waals surface area (Å²) in [6.45, 7) is 3.40. The molecule has 8 nitrogen and oxygen atoms in total. The summed E-state index contributed by atoms with van der Waals surface area (Å²) >= 11 is 0. The van der Waals surface area contributed by atoms with E-state index in [-0.39, 0.29) is 11.5 Å². The molecule has 0 radical (unpaired) electrons. The van der Waals surface area contributed by atoms with Crippen molar-refractivity contribution in [3.63, 3.8) is 0 Å². The third kappa shape index (κ3) is 2.57. The minimum absolute atomic E-state index is 0.0431. The molecule has 8 heteroatoms. The maximum atomic E-state index is 11.8. The molecule has 0 saturated heterocycles. The average Bonchev–Trinajstić information content (AvgIpc) is 2.85. The molecule has 0 aliphatic heterocycles. The lowest BCUT2D eigenvalue weighted by molar-refractivity contribution is -0.385. The first-order valence-corrected chi connectivity index (χ1v) is 5.41. The number of rotatable bonds is 3. The molecule has 0 saturated carbocycles. The Bertz CT molecular complexity index is 636. The van der Waals surface area contributed by atoms with Gasteiger partial charge in [-0.2, -0.15) is 5.10 Å². The van der Waals surface area contributed by atoms with Gasteiger partial charge in [0.15, 0.2) is 0 Å². The number of aryl methyl sites for hydroxylation is 2.